The maximum absolute atomic E-state index is 13.0. The van der Waals surface area contributed by atoms with E-state index in [1.54, 1.807) is 41.8 Å². The van der Waals surface area contributed by atoms with E-state index in [1.807, 2.05) is 6.07 Å². The quantitative estimate of drug-likeness (QED) is 0.555. The third-order valence-corrected chi connectivity index (χ3v) is 8.56. The smallest absolute Gasteiger partial charge is 0.273 e. The molecule has 5 nitrogen and oxygen atoms in total. The summed E-state index contributed by atoms with van der Waals surface area (Å²) < 4.78 is 27.7. The summed E-state index contributed by atoms with van der Waals surface area (Å²) >= 11 is 13.1. The Kier molecular flexibility index (Phi) is 5.57. The number of hydrogen-bond donors (Lipinski definition) is 1. The van der Waals surface area contributed by atoms with Crippen molar-refractivity contribution >= 4 is 61.8 Å². The van der Waals surface area contributed by atoms with Crippen LogP contribution < -0.4 is 9.62 Å². The molecule has 2 aromatic carbocycles. The summed E-state index contributed by atoms with van der Waals surface area (Å²) in [6.45, 7) is 0.433. The van der Waals surface area contributed by atoms with E-state index in [1.165, 1.54) is 21.7 Å². The Morgan fingerprint density at radius 3 is 2.62 bits per heavy atom. The minimum Gasteiger partial charge on any atom is -0.322 e. The third-order valence-electron chi connectivity index (χ3n) is 4.63. The number of halogens is 2. The minimum atomic E-state index is -3.58. The van der Waals surface area contributed by atoms with Crippen molar-refractivity contribution in [2.24, 2.45) is 0 Å². The number of sulfonamides is 1. The van der Waals surface area contributed by atoms with Gasteiger partial charge >= 0.3 is 0 Å². The van der Waals surface area contributed by atoms with Crippen LogP contribution in [0.2, 0.25) is 10.0 Å². The lowest BCUT2D eigenvalue weighted by Crippen LogP contribution is -2.35. The van der Waals surface area contributed by atoms with Crippen molar-refractivity contribution in [2.45, 2.75) is 17.1 Å². The summed E-state index contributed by atoms with van der Waals surface area (Å²) in [5.41, 5.74) is 2.51. The van der Waals surface area contributed by atoms with Crippen molar-refractivity contribution in [2.75, 3.05) is 16.2 Å². The number of amides is 1. The number of benzene rings is 2. The highest BCUT2D eigenvalue weighted by Gasteiger charge is 2.30. The lowest BCUT2D eigenvalue weighted by atomic mass is 10.0. The highest BCUT2D eigenvalue weighted by atomic mass is 35.5. The molecule has 0 atom stereocenters. The van der Waals surface area contributed by atoms with Gasteiger partial charge in [0.2, 0.25) is 0 Å². The zero-order chi connectivity index (χ0) is 20.6. The van der Waals surface area contributed by atoms with Crippen LogP contribution in [0.15, 0.2) is 58.1 Å². The monoisotopic (exact) mass is 466 g/mol. The van der Waals surface area contributed by atoms with E-state index < -0.39 is 10.0 Å². The van der Waals surface area contributed by atoms with Gasteiger partial charge in [-0.05, 0) is 66.2 Å². The van der Waals surface area contributed by atoms with Crippen LogP contribution in [0, 0.1) is 0 Å². The highest BCUT2D eigenvalue weighted by molar-refractivity contribution is 7.94. The van der Waals surface area contributed by atoms with Crippen LogP contribution in [-0.2, 0) is 16.4 Å². The van der Waals surface area contributed by atoms with Crippen LogP contribution in [0.5, 0.6) is 0 Å². The Labute approximate surface area is 182 Å². The molecule has 150 valence electrons. The first-order valence-corrected chi connectivity index (χ1v) is 11.9. The molecular formula is C20H16Cl2N2O3S2. The van der Waals surface area contributed by atoms with E-state index in [0.717, 1.165) is 12.0 Å². The van der Waals surface area contributed by atoms with Gasteiger partial charge in [0.1, 0.15) is 4.21 Å². The summed E-state index contributed by atoms with van der Waals surface area (Å²) in [5.74, 6) is -0.317. The molecule has 0 radical (unpaired) electrons. The number of carbonyl (C=O) groups is 1. The van der Waals surface area contributed by atoms with Gasteiger partial charge in [-0.2, -0.15) is 0 Å². The second kappa shape index (κ2) is 7.99. The summed E-state index contributed by atoms with van der Waals surface area (Å²) in [6.07, 6.45) is 1.45. The number of nitrogens with one attached hydrogen (secondary N) is 1. The van der Waals surface area contributed by atoms with Gasteiger partial charge in [-0.1, -0.05) is 29.3 Å². The molecule has 1 aliphatic rings. The van der Waals surface area contributed by atoms with Crippen molar-refractivity contribution in [1.82, 2.24) is 0 Å². The number of anilines is 2. The van der Waals surface area contributed by atoms with Gasteiger partial charge < -0.3 is 5.32 Å². The fourth-order valence-electron chi connectivity index (χ4n) is 3.25. The highest BCUT2D eigenvalue weighted by Crippen LogP contribution is 2.35. The first-order valence-electron chi connectivity index (χ1n) is 8.82. The number of aryl methyl sites for hydroxylation is 1. The lowest BCUT2D eigenvalue weighted by molar-refractivity contribution is 0.102. The summed E-state index contributed by atoms with van der Waals surface area (Å²) in [6, 6.07) is 13.3. The normalized spacial score (nSPS) is 13.8. The number of thiophene rings is 1. The van der Waals surface area contributed by atoms with Crippen LogP contribution in [-0.4, -0.2) is 20.9 Å². The number of nitrogens with zero attached hydrogens (tertiary/aromatic N) is 1. The summed E-state index contributed by atoms with van der Waals surface area (Å²) in [4.78, 5) is 12.5. The van der Waals surface area contributed by atoms with Crippen molar-refractivity contribution < 1.29 is 13.2 Å². The van der Waals surface area contributed by atoms with Gasteiger partial charge in [-0.15, -0.1) is 11.3 Å². The average Bonchev–Trinajstić information content (AvgIpc) is 3.25. The van der Waals surface area contributed by atoms with Crippen LogP contribution in [0.3, 0.4) is 0 Å². The predicted octanol–water partition coefficient (Wildman–Crippen LogP) is 5.45. The molecule has 0 bridgehead atoms. The molecular weight excluding hydrogens is 451 g/mol. The molecule has 0 aliphatic carbocycles. The van der Waals surface area contributed by atoms with Crippen LogP contribution in [0.4, 0.5) is 11.4 Å². The molecule has 4 rings (SSSR count). The minimum absolute atomic E-state index is 0.305. The van der Waals surface area contributed by atoms with Gasteiger partial charge in [0.25, 0.3) is 15.9 Å². The maximum atomic E-state index is 13.0. The molecule has 0 saturated carbocycles. The SMILES string of the molecule is O=C(Nc1ccc2c(c1)CCCN2S(=O)(=O)c1cccs1)c1ccc(Cl)c(Cl)c1. The van der Waals surface area contributed by atoms with E-state index >= 15 is 0 Å². The topological polar surface area (TPSA) is 66.5 Å². The number of fused-ring (bicyclic) bond motifs is 1. The Morgan fingerprint density at radius 1 is 1.07 bits per heavy atom. The van der Waals surface area contributed by atoms with Crippen LogP contribution in [0.1, 0.15) is 22.3 Å². The Morgan fingerprint density at radius 2 is 1.90 bits per heavy atom. The first-order chi connectivity index (χ1) is 13.9. The van der Waals surface area contributed by atoms with Crippen molar-refractivity contribution in [1.29, 1.82) is 0 Å². The van der Waals surface area contributed by atoms with Gasteiger partial charge in [0.05, 0.1) is 15.7 Å². The van der Waals surface area contributed by atoms with E-state index in [-0.39, 0.29) is 5.91 Å². The Balaban J connectivity index is 1.60. The van der Waals surface area contributed by atoms with Gasteiger partial charge in [0, 0.05) is 17.8 Å². The van der Waals surface area contributed by atoms with Crippen LogP contribution >= 0.6 is 34.5 Å². The molecule has 1 amide bonds. The molecule has 29 heavy (non-hydrogen) atoms. The predicted molar refractivity (Wildman–Crippen MR) is 118 cm³/mol. The summed E-state index contributed by atoms with van der Waals surface area (Å²) in [7, 11) is -3.58. The second-order valence-electron chi connectivity index (χ2n) is 6.54. The van der Waals surface area contributed by atoms with Crippen LogP contribution in [0.25, 0.3) is 0 Å². The molecule has 0 fully saturated rings. The zero-order valence-corrected chi connectivity index (χ0v) is 18.2. The fourth-order valence-corrected chi connectivity index (χ4v) is 6.19. The zero-order valence-electron chi connectivity index (χ0n) is 15.1. The largest absolute Gasteiger partial charge is 0.322 e. The number of rotatable bonds is 4. The molecule has 0 spiro atoms. The number of hydrogen-bond acceptors (Lipinski definition) is 4. The Hall–Kier alpha value is -2.06. The van der Waals surface area contributed by atoms with Gasteiger partial charge in [0.15, 0.2) is 0 Å². The molecule has 0 unspecified atom stereocenters. The Bertz CT molecular complexity index is 1180. The van der Waals surface area contributed by atoms with Crippen molar-refractivity contribution in [3.8, 4) is 0 Å². The second-order valence-corrected chi connectivity index (χ2v) is 10.4. The molecule has 1 aromatic heterocycles. The van der Waals surface area contributed by atoms with Gasteiger partial charge in [-0.3, -0.25) is 9.10 Å². The van der Waals surface area contributed by atoms with E-state index in [4.69, 9.17) is 23.2 Å². The average molecular weight is 467 g/mol. The standard InChI is InChI=1S/C20H16Cl2N2O3S2/c21-16-7-5-14(12-17(16)22)20(25)23-15-6-8-18-13(11-15)3-1-9-24(18)29(26,27)19-4-2-10-28-19/h2,4-8,10-12H,1,3,9H2,(H,23,25). The van der Waals surface area contributed by atoms with E-state index in [9.17, 15) is 13.2 Å². The molecule has 1 aliphatic heterocycles. The fraction of sp³-hybridized carbons (Fsp3) is 0.150. The molecule has 1 N–H and O–H groups in total. The van der Waals surface area contributed by atoms with Crippen molar-refractivity contribution in [3.63, 3.8) is 0 Å². The first kappa shape index (κ1) is 20.2. The molecule has 2 heterocycles. The van der Waals surface area contributed by atoms with Gasteiger partial charge in [-0.25, -0.2) is 8.42 Å². The lowest BCUT2D eigenvalue weighted by Gasteiger charge is -2.30. The van der Waals surface area contributed by atoms with E-state index in [0.29, 0.717) is 44.2 Å². The summed E-state index contributed by atoms with van der Waals surface area (Å²) in [5, 5.41) is 5.26. The molecule has 3 aromatic rings. The third kappa shape index (κ3) is 4.00. The maximum Gasteiger partial charge on any atom is 0.273 e. The molecule has 9 heteroatoms. The van der Waals surface area contributed by atoms with Crippen molar-refractivity contribution in [3.05, 3.63) is 75.1 Å². The number of carbonyl (C=O) groups excluding carboxylic acids is 1. The molecule has 0 saturated heterocycles. The van der Waals surface area contributed by atoms with E-state index in [2.05, 4.69) is 5.32 Å².